The molecule has 0 saturated carbocycles. The third kappa shape index (κ3) is 3.43. The second kappa shape index (κ2) is 6.50. The highest BCUT2D eigenvalue weighted by atomic mass is 16.5. The van der Waals surface area contributed by atoms with Crippen molar-refractivity contribution in [1.82, 2.24) is 0 Å². The van der Waals surface area contributed by atoms with Gasteiger partial charge in [-0.05, 0) is 36.1 Å². The zero-order chi connectivity index (χ0) is 13.7. The molecule has 1 atom stereocenters. The Balaban J connectivity index is 2.34. The molecule has 2 aromatic rings. The normalized spacial score (nSPS) is 12.4. The molecule has 0 radical (unpaired) electrons. The van der Waals surface area contributed by atoms with Crippen LogP contribution < -0.4 is 5.73 Å². The molecule has 1 unspecified atom stereocenters. The molecule has 0 aromatic heterocycles. The van der Waals surface area contributed by atoms with E-state index in [2.05, 4.69) is 44.2 Å². The highest BCUT2D eigenvalue weighted by Crippen LogP contribution is 2.27. The Morgan fingerprint density at radius 2 is 1.68 bits per heavy atom. The number of benzene rings is 2. The fourth-order valence-corrected chi connectivity index (χ4v) is 2.13. The summed E-state index contributed by atoms with van der Waals surface area (Å²) in [4.78, 5) is 0. The zero-order valence-electron chi connectivity index (χ0n) is 11.6. The van der Waals surface area contributed by atoms with Crippen LogP contribution in [0.5, 0.6) is 0 Å². The molecule has 0 aliphatic carbocycles. The second-order valence-electron chi connectivity index (χ2n) is 4.79. The van der Waals surface area contributed by atoms with Gasteiger partial charge in [-0.25, -0.2) is 0 Å². The van der Waals surface area contributed by atoms with Crippen LogP contribution in [0.2, 0.25) is 0 Å². The lowest BCUT2D eigenvalue weighted by atomic mass is 9.98. The molecule has 0 spiro atoms. The van der Waals surface area contributed by atoms with Gasteiger partial charge in [0, 0.05) is 6.54 Å². The predicted molar refractivity (Wildman–Crippen MR) is 79.2 cm³/mol. The third-order valence-corrected chi connectivity index (χ3v) is 3.34. The minimum Gasteiger partial charge on any atom is -0.367 e. The molecular formula is C17H21NO. The molecule has 0 saturated heterocycles. The third-order valence-electron chi connectivity index (χ3n) is 3.34. The summed E-state index contributed by atoms with van der Waals surface area (Å²) in [6.45, 7) is 5.35. The first-order valence-electron chi connectivity index (χ1n) is 6.66. The van der Waals surface area contributed by atoms with Crippen molar-refractivity contribution in [1.29, 1.82) is 0 Å². The highest BCUT2D eigenvalue weighted by molar-refractivity contribution is 5.36. The molecule has 2 aromatic carbocycles. The molecule has 19 heavy (non-hydrogen) atoms. The maximum absolute atomic E-state index is 5.93. The van der Waals surface area contributed by atoms with Crippen LogP contribution in [0.15, 0.2) is 48.5 Å². The summed E-state index contributed by atoms with van der Waals surface area (Å²) >= 11 is 0. The zero-order valence-corrected chi connectivity index (χ0v) is 11.6. The molecule has 2 heteroatoms. The van der Waals surface area contributed by atoms with E-state index >= 15 is 0 Å². The van der Waals surface area contributed by atoms with E-state index in [9.17, 15) is 0 Å². The van der Waals surface area contributed by atoms with E-state index in [-0.39, 0.29) is 6.10 Å². The minimum atomic E-state index is -0.0379. The Hall–Kier alpha value is -1.64. The van der Waals surface area contributed by atoms with Crippen molar-refractivity contribution in [2.75, 3.05) is 13.2 Å². The summed E-state index contributed by atoms with van der Waals surface area (Å²) in [6.07, 6.45) is -0.0379. The number of ether oxygens (including phenoxy) is 1. The summed E-state index contributed by atoms with van der Waals surface area (Å²) in [6, 6.07) is 16.8. The van der Waals surface area contributed by atoms with Gasteiger partial charge < -0.3 is 10.5 Å². The van der Waals surface area contributed by atoms with Crippen molar-refractivity contribution >= 4 is 0 Å². The molecule has 2 N–H and O–H groups in total. The molecule has 100 valence electrons. The van der Waals surface area contributed by atoms with Crippen LogP contribution in [0.1, 0.15) is 28.4 Å². The number of nitrogens with two attached hydrogens (primary N) is 1. The second-order valence-corrected chi connectivity index (χ2v) is 4.79. The van der Waals surface area contributed by atoms with Crippen molar-refractivity contribution in [2.45, 2.75) is 20.0 Å². The summed E-state index contributed by atoms with van der Waals surface area (Å²) in [5.74, 6) is 0. The molecule has 0 bridgehead atoms. The Bertz CT molecular complexity index is 522. The lowest BCUT2D eigenvalue weighted by Crippen LogP contribution is -2.14. The predicted octanol–water partition coefficient (Wildman–Crippen LogP) is 3.37. The van der Waals surface area contributed by atoms with E-state index in [1.54, 1.807) is 0 Å². The standard InChI is InChI=1S/C17H21NO/c1-13-8-9-16(12-14(13)2)17(19-11-10-18)15-6-4-3-5-7-15/h3-9,12,17H,10-11,18H2,1-2H3. The maximum atomic E-state index is 5.93. The average Bonchev–Trinajstić information content (AvgIpc) is 2.44. The largest absolute Gasteiger partial charge is 0.367 e. The van der Waals surface area contributed by atoms with Gasteiger partial charge in [-0.2, -0.15) is 0 Å². The number of aryl methyl sites for hydroxylation is 2. The monoisotopic (exact) mass is 255 g/mol. The van der Waals surface area contributed by atoms with Gasteiger partial charge in [-0.15, -0.1) is 0 Å². The number of rotatable bonds is 5. The molecule has 0 heterocycles. The van der Waals surface area contributed by atoms with Gasteiger partial charge in [0.1, 0.15) is 6.10 Å². The summed E-state index contributed by atoms with van der Waals surface area (Å²) in [5.41, 5.74) is 10.5. The molecule has 0 aliphatic rings. The molecule has 2 rings (SSSR count). The maximum Gasteiger partial charge on any atom is 0.108 e. The first-order valence-corrected chi connectivity index (χ1v) is 6.66. The first kappa shape index (κ1) is 13.8. The van der Waals surface area contributed by atoms with Crippen LogP contribution in [0, 0.1) is 13.8 Å². The van der Waals surface area contributed by atoms with Gasteiger partial charge in [0.15, 0.2) is 0 Å². The van der Waals surface area contributed by atoms with Crippen molar-refractivity contribution < 1.29 is 4.74 Å². The Morgan fingerprint density at radius 3 is 2.32 bits per heavy atom. The molecular weight excluding hydrogens is 234 g/mol. The summed E-state index contributed by atoms with van der Waals surface area (Å²) in [5, 5.41) is 0. The fraction of sp³-hybridized carbons (Fsp3) is 0.294. The van der Waals surface area contributed by atoms with Gasteiger partial charge in [0.05, 0.1) is 6.61 Å². The van der Waals surface area contributed by atoms with E-state index in [0.29, 0.717) is 13.2 Å². The van der Waals surface area contributed by atoms with E-state index < -0.39 is 0 Å². The van der Waals surface area contributed by atoms with Crippen molar-refractivity contribution in [3.05, 3.63) is 70.8 Å². The summed E-state index contributed by atoms with van der Waals surface area (Å²) < 4.78 is 5.93. The average molecular weight is 255 g/mol. The van der Waals surface area contributed by atoms with Crippen LogP contribution >= 0.6 is 0 Å². The summed E-state index contributed by atoms with van der Waals surface area (Å²) in [7, 11) is 0. The Morgan fingerprint density at radius 1 is 0.947 bits per heavy atom. The SMILES string of the molecule is Cc1ccc(C(OCCN)c2ccccc2)cc1C. The van der Waals surface area contributed by atoms with Gasteiger partial charge in [0.25, 0.3) is 0 Å². The van der Waals surface area contributed by atoms with Gasteiger partial charge in [-0.3, -0.25) is 0 Å². The van der Waals surface area contributed by atoms with Crippen LogP contribution in [-0.2, 0) is 4.74 Å². The minimum absolute atomic E-state index is 0.0379. The molecule has 0 aliphatic heterocycles. The highest BCUT2D eigenvalue weighted by Gasteiger charge is 2.14. The smallest absolute Gasteiger partial charge is 0.108 e. The van der Waals surface area contributed by atoms with Crippen LogP contribution in [0.25, 0.3) is 0 Å². The Kier molecular flexibility index (Phi) is 4.72. The lowest BCUT2D eigenvalue weighted by Gasteiger charge is -2.19. The number of hydrogen-bond acceptors (Lipinski definition) is 2. The van der Waals surface area contributed by atoms with Crippen LogP contribution in [0.3, 0.4) is 0 Å². The van der Waals surface area contributed by atoms with Crippen LogP contribution in [-0.4, -0.2) is 13.2 Å². The van der Waals surface area contributed by atoms with Gasteiger partial charge in [-0.1, -0.05) is 48.5 Å². The van der Waals surface area contributed by atoms with Gasteiger partial charge >= 0.3 is 0 Å². The van der Waals surface area contributed by atoms with E-state index in [4.69, 9.17) is 10.5 Å². The lowest BCUT2D eigenvalue weighted by molar-refractivity contribution is 0.0864. The molecule has 2 nitrogen and oxygen atoms in total. The first-order chi connectivity index (χ1) is 9.22. The molecule has 0 fully saturated rings. The van der Waals surface area contributed by atoms with E-state index in [0.717, 1.165) is 0 Å². The fourth-order valence-electron chi connectivity index (χ4n) is 2.13. The Labute approximate surface area is 115 Å². The van der Waals surface area contributed by atoms with Crippen molar-refractivity contribution in [2.24, 2.45) is 5.73 Å². The van der Waals surface area contributed by atoms with Crippen LogP contribution in [0.4, 0.5) is 0 Å². The quantitative estimate of drug-likeness (QED) is 0.889. The topological polar surface area (TPSA) is 35.2 Å². The van der Waals surface area contributed by atoms with Crippen molar-refractivity contribution in [3.8, 4) is 0 Å². The van der Waals surface area contributed by atoms with Gasteiger partial charge in [0.2, 0.25) is 0 Å². The van der Waals surface area contributed by atoms with E-state index in [1.807, 2.05) is 18.2 Å². The number of hydrogen-bond donors (Lipinski definition) is 1. The molecule has 0 amide bonds. The van der Waals surface area contributed by atoms with E-state index in [1.165, 1.54) is 22.3 Å². The van der Waals surface area contributed by atoms with Crippen molar-refractivity contribution in [3.63, 3.8) is 0 Å².